The van der Waals surface area contributed by atoms with Gasteiger partial charge in [-0.05, 0) is 31.5 Å². The molecule has 128 valence electrons. The van der Waals surface area contributed by atoms with E-state index in [1.54, 1.807) is 31.2 Å². The molecular formula is C19H18N2O4. The summed E-state index contributed by atoms with van der Waals surface area (Å²) in [5.41, 5.74) is 2.08. The van der Waals surface area contributed by atoms with E-state index < -0.39 is 17.8 Å². The minimum absolute atomic E-state index is 0.0540. The van der Waals surface area contributed by atoms with Gasteiger partial charge in [-0.3, -0.25) is 14.5 Å². The lowest BCUT2D eigenvalue weighted by atomic mass is 10.1. The molecule has 25 heavy (non-hydrogen) atoms. The Morgan fingerprint density at radius 2 is 1.72 bits per heavy atom. The molecule has 0 aromatic heterocycles. The first-order chi connectivity index (χ1) is 12.0. The number of hydrogen-bond donors (Lipinski definition) is 0. The third-order valence-corrected chi connectivity index (χ3v) is 3.88. The number of carbonyl (C=O) groups is 3. The fourth-order valence-electron chi connectivity index (χ4n) is 2.77. The molecule has 0 unspecified atom stereocenters. The van der Waals surface area contributed by atoms with Gasteiger partial charge in [0.25, 0.3) is 0 Å². The van der Waals surface area contributed by atoms with Crippen LogP contribution in [0.1, 0.15) is 18.1 Å². The first-order valence-electron chi connectivity index (χ1n) is 8.00. The van der Waals surface area contributed by atoms with Gasteiger partial charge in [0.15, 0.2) is 0 Å². The molecule has 0 radical (unpaired) electrons. The molecule has 1 heterocycles. The highest BCUT2D eigenvalue weighted by Gasteiger charge is 2.46. The average molecular weight is 338 g/mol. The molecule has 0 N–H and O–H groups in total. The van der Waals surface area contributed by atoms with Crippen molar-refractivity contribution >= 4 is 23.5 Å². The Balaban J connectivity index is 1.92. The van der Waals surface area contributed by atoms with Crippen LogP contribution in [0.4, 0.5) is 10.5 Å². The van der Waals surface area contributed by atoms with Crippen LogP contribution in [0.2, 0.25) is 0 Å². The normalized spacial score (nSPS) is 14.4. The first kappa shape index (κ1) is 16.7. The number of nitrogens with zero attached hydrogens (tertiary/aromatic N) is 2. The second-order valence-corrected chi connectivity index (χ2v) is 5.70. The van der Waals surface area contributed by atoms with Crippen LogP contribution in [0.25, 0.3) is 0 Å². The van der Waals surface area contributed by atoms with E-state index in [0.29, 0.717) is 12.4 Å². The van der Waals surface area contributed by atoms with Crippen molar-refractivity contribution in [2.24, 2.45) is 0 Å². The van der Waals surface area contributed by atoms with E-state index in [0.717, 1.165) is 20.9 Å². The Labute approximate surface area is 145 Å². The van der Waals surface area contributed by atoms with Crippen molar-refractivity contribution in [3.8, 4) is 5.75 Å². The molecule has 0 atom stereocenters. The maximum Gasteiger partial charge on any atom is 0.339 e. The minimum atomic E-state index is -0.871. The average Bonchev–Trinajstić information content (AvgIpc) is 2.80. The molecule has 6 heteroatoms. The smallest absolute Gasteiger partial charge is 0.339 e. The van der Waals surface area contributed by atoms with Gasteiger partial charge in [0.1, 0.15) is 5.75 Å². The van der Waals surface area contributed by atoms with Gasteiger partial charge < -0.3 is 4.74 Å². The van der Waals surface area contributed by atoms with E-state index in [9.17, 15) is 14.4 Å². The maximum absolute atomic E-state index is 12.7. The number of anilines is 1. The predicted molar refractivity (Wildman–Crippen MR) is 92.2 cm³/mol. The summed E-state index contributed by atoms with van der Waals surface area (Å²) in [6.07, 6.45) is 0. The number of carbonyl (C=O) groups excluding carboxylic acids is 3. The number of amides is 4. The standard InChI is InChI=1S/C19H18N2O4/c1-3-25-16-10-5-4-9-15(16)21-18(23)17(22)20(19(21)24)12-14-8-6-7-13(2)11-14/h4-11H,3,12H2,1-2H3. The van der Waals surface area contributed by atoms with E-state index in [-0.39, 0.29) is 12.2 Å². The SMILES string of the molecule is CCOc1ccccc1N1C(=O)C(=O)N(Cc2cccc(C)c2)C1=O. The summed E-state index contributed by atoms with van der Waals surface area (Å²) in [6, 6.07) is 13.5. The summed E-state index contributed by atoms with van der Waals surface area (Å²) < 4.78 is 5.47. The number of para-hydroxylation sites is 2. The van der Waals surface area contributed by atoms with Gasteiger partial charge in [0.05, 0.1) is 18.8 Å². The van der Waals surface area contributed by atoms with Gasteiger partial charge in [0, 0.05) is 0 Å². The fourth-order valence-corrected chi connectivity index (χ4v) is 2.77. The highest BCUT2D eigenvalue weighted by atomic mass is 16.5. The van der Waals surface area contributed by atoms with Gasteiger partial charge in [-0.1, -0.05) is 42.0 Å². The van der Waals surface area contributed by atoms with Crippen molar-refractivity contribution in [3.05, 3.63) is 59.7 Å². The van der Waals surface area contributed by atoms with Gasteiger partial charge in [-0.15, -0.1) is 0 Å². The van der Waals surface area contributed by atoms with Crippen LogP contribution in [0, 0.1) is 6.92 Å². The Kier molecular flexibility index (Phi) is 4.52. The van der Waals surface area contributed by atoms with Crippen LogP contribution < -0.4 is 9.64 Å². The van der Waals surface area contributed by atoms with Crippen LogP contribution in [-0.4, -0.2) is 29.4 Å². The highest BCUT2D eigenvalue weighted by molar-refractivity contribution is 6.52. The topological polar surface area (TPSA) is 66.9 Å². The minimum Gasteiger partial charge on any atom is -0.492 e. The van der Waals surface area contributed by atoms with Crippen LogP contribution in [0.5, 0.6) is 5.75 Å². The van der Waals surface area contributed by atoms with Gasteiger partial charge in [-0.25, -0.2) is 9.69 Å². The van der Waals surface area contributed by atoms with Crippen molar-refractivity contribution in [3.63, 3.8) is 0 Å². The molecule has 4 amide bonds. The van der Waals surface area contributed by atoms with Crippen LogP contribution in [0.3, 0.4) is 0 Å². The third kappa shape index (κ3) is 3.10. The van der Waals surface area contributed by atoms with E-state index in [1.165, 1.54) is 0 Å². The quantitative estimate of drug-likeness (QED) is 0.621. The molecular weight excluding hydrogens is 320 g/mol. The molecule has 0 spiro atoms. The third-order valence-electron chi connectivity index (χ3n) is 3.88. The summed E-state index contributed by atoms with van der Waals surface area (Å²) in [6.45, 7) is 4.17. The Morgan fingerprint density at radius 3 is 2.44 bits per heavy atom. The maximum atomic E-state index is 12.7. The molecule has 1 fully saturated rings. The molecule has 0 aliphatic carbocycles. The number of hydrogen-bond acceptors (Lipinski definition) is 4. The Hall–Kier alpha value is -3.15. The van der Waals surface area contributed by atoms with Crippen LogP contribution in [0.15, 0.2) is 48.5 Å². The molecule has 1 saturated heterocycles. The zero-order valence-electron chi connectivity index (χ0n) is 14.1. The molecule has 0 saturated carbocycles. The second-order valence-electron chi connectivity index (χ2n) is 5.70. The van der Waals surface area contributed by atoms with Crippen molar-refractivity contribution in [2.75, 3.05) is 11.5 Å². The van der Waals surface area contributed by atoms with Crippen molar-refractivity contribution in [1.82, 2.24) is 4.90 Å². The van der Waals surface area contributed by atoms with Gasteiger partial charge in [-0.2, -0.15) is 0 Å². The zero-order chi connectivity index (χ0) is 18.0. The fraction of sp³-hybridized carbons (Fsp3) is 0.211. The highest BCUT2D eigenvalue weighted by Crippen LogP contribution is 2.32. The van der Waals surface area contributed by atoms with Crippen LogP contribution in [-0.2, 0) is 16.1 Å². The number of urea groups is 1. The number of benzene rings is 2. The lowest BCUT2D eigenvalue weighted by molar-refractivity contribution is -0.139. The molecule has 2 aromatic rings. The van der Waals surface area contributed by atoms with Gasteiger partial charge >= 0.3 is 17.8 Å². The summed E-state index contributed by atoms with van der Waals surface area (Å²) in [5, 5.41) is 0. The number of imide groups is 2. The predicted octanol–water partition coefficient (Wildman–Crippen LogP) is 2.89. The summed E-state index contributed by atoms with van der Waals surface area (Å²) >= 11 is 0. The summed E-state index contributed by atoms with van der Waals surface area (Å²) in [5.74, 6) is -1.32. The van der Waals surface area contributed by atoms with Crippen LogP contribution >= 0.6 is 0 Å². The number of aryl methyl sites for hydroxylation is 1. The number of ether oxygens (including phenoxy) is 1. The monoisotopic (exact) mass is 338 g/mol. The molecule has 3 rings (SSSR count). The molecule has 1 aliphatic heterocycles. The van der Waals surface area contributed by atoms with E-state index in [2.05, 4.69) is 0 Å². The number of rotatable bonds is 5. The zero-order valence-corrected chi connectivity index (χ0v) is 14.1. The molecule has 1 aliphatic rings. The largest absolute Gasteiger partial charge is 0.492 e. The lowest BCUT2D eigenvalue weighted by Crippen LogP contribution is -2.33. The molecule has 2 aromatic carbocycles. The Bertz CT molecular complexity index is 847. The van der Waals surface area contributed by atoms with E-state index in [4.69, 9.17) is 4.74 Å². The van der Waals surface area contributed by atoms with Crippen molar-refractivity contribution in [1.29, 1.82) is 0 Å². The first-order valence-corrected chi connectivity index (χ1v) is 8.00. The van der Waals surface area contributed by atoms with Gasteiger partial charge in [0.2, 0.25) is 0 Å². The molecule has 0 bridgehead atoms. The van der Waals surface area contributed by atoms with Crippen molar-refractivity contribution < 1.29 is 19.1 Å². The summed E-state index contributed by atoms with van der Waals surface area (Å²) in [7, 11) is 0. The summed E-state index contributed by atoms with van der Waals surface area (Å²) in [4.78, 5) is 39.3. The Morgan fingerprint density at radius 1 is 0.960 bits per heavy atom. The van der Waals surface area contributed by atoms with Crippen molar-refractivity contribution in [2.45, 2.75) is 20.4 Å². The van der Waals surface area contributed by atoms with E-state index in [1.807, 2.05) is 31.2 Å². The van der Waals surface area contributed by atoms with E-state index >= 15 is 0 Å². The molecule has 6 nitrogen and oxygen atoms in total. The second kappa shape index (κ2) is 6.76. The lowest BCUT2D eigenvalue weighted by Gasteiger charge is -2.18.